The van der Waals surface area contributed by atoms with Gasteiger partial charge in [0.15, 0.2) is 0 Å². The third-order valence-corrected chi connectivity index (χ3v) is 5.22. The summed E-state index contributed by atoms with van der Waals surface area (Å²) < 4.78 is 1.07. The summed E-state index contributed by atoms with van der Waals surface area (Å²) in [5, 5.41) is 3.12. The molecule has 0 spiro atoms. The lowest BCUT2D eigenvalue weighted by Gasteiger charge is -2.30. The van der Waals surface area contributed by atoms with Gasteiger partial charge in [0.05, 0.1) is 0 Å². The van der Waals surface area contributed by atoms with Gasteiger partial charge in [0.25, 0.3) is 0 Å². The van der Waals surface area contributed by atoms with E-state index in [0.717, 1.165) is 22.9 Å². The Labute approximate surface area is 152 Å². The molecule has 1 aliphatic rings. The molecule has 0 saturated heterocycles. The number of carbonyl (C=O) groups excluding carboxylic acids is 1. The summed E-state index contributed by atoms with van der Waals surface area (Å²) >= 11 is 3.49. The van der Waals surface area contributed by atoms with Gasteiger partial charge in [0.1, 0.15) is 0 Å². The van der Waals surface area contributed by atoms with E-state index in [2.05, 4.69) is 58.5 Å². The molecule has 24 heavy (non-hydrogen) atoms. The molecule has 1 amide bonds. The largest absolute Gasteiger partial charge is 0.352 e. The van der Waals surface area contributed by atoms with Gasteiger partial charge in [-0.25, -0.2) is 0 Å². The van der Waals surface area contributed by atoms with Crippen LogP contribution in [0, 0.1) is 5.92 Å². The van der Waals surface area contributed by atoms with Gasteiger partial charge in [0.2, 0.25) is 5.91 Å². The Morgan fingerprint density at radius 2 is 1.83 bits per heavy atom. The van der Waals surface area contributed by atoms with E-state index in [1.807, 2.05) is 30.3 Å². The molecule has 2 nitrogen and oxygen atoms in total. The van der Waals surface area contributed by atoms with Crippen molar-refractivity contribution in [2.45, 2.75) is 32.2 Å². The molecule has 0 fully saturated rings. The Morgan fingerprint density at radius 1 is 1.12 bits per heavy atom. The average Bonchev–Trinajstić information content (AvgIpc) is 2.61. The Bertz CT molecular complexity index is 721. The molecule has 0 radical (unpaired) electrons. The van der Waals surface area contributed by atoms with Crippen molar-refractivity contribution in [3.05, 3.63) is 81.8 Å². The molecule has 2 aromatic carbocycles. The minimum Gasteiger partial charge on any atom is -0.352 e. The highest BCUT2D eigenvalue weighted by atomic mass is 79.9. The normalized spacial score (nSPS) is 20.3. The van der Waals surface area contributed by atoms with Crippen LogP contribution in [0.2, 0.25) is 0 Å². The first kappa shape index (κ1) is 17.0. The second kappa shape index (κ2) is 7.80. The first-order valence-corrected chi connectivity index (χ1v) is 9.15. The van der Waals surface area contributed by atoms with Crippen LogP contribution in [-0.2, 0) is 11.3 Å². The van der Waals surface area contributed by atoms with E-state index < -0.39 is 0 Å². The molecular weight excluding hydrogens is 362 g/mol. The first-order chi connectivity index (χ1) is 11.6. The van der Waals surface area contributed by atoms with Crippen molar-refractivity contribution in [1.82, 2.24) is 5.32 Å². The van der Waals surface area contributed by atoms with Crippen LogP contribution in [0.25, 0.3) is 0 Å². The average molecular weight is 384 g/mol. The molecular formula is C21H22BrNO. The monoisotopic (exact) mass is 383 g/mol. The van der Waals surface area contributed by atoms with Gasteiger partial charge in [-0.3, -0.25) is 4.79 Å². The Balaban J connectivity index is 1.73. The fraction of sp³-hybridized carbons (Fsp3) is 0.286. The van der Waals surface area contributed by atoms with Gasteiger partial charge in [-0.15, -0.1) is 0 Å². The van der Waals surface area contributed by atoms with E-state index in [9.17, 15) is 4.79 Å². The summed E-state index contributed by atoms with van der Waals surface area (Å²) in [7, 11) is 0. The third-order valence-electron chi connectivity index (χ3n) is 4.69. The zero-order valence-corrected chi connectivity index (χ0v) is 15.4. The summed E-state index contributed by atoms with van der Waals surface area (Å²) in [6.07, 6.45) is 3.97. The highest BCUT2D eigenvalue weighted by molar-refractivity contribution is 9.10. The Hall–Kier alpha value is -1.87. The van der Waals surface area contributed by atoms with Crippen LogP contribution in [0.15, 0.2) is 70.7 Å². The van der Waals surface area contributed by atoms with Crippen LogP contribution in [-0.4, -0.2) is 5.91 Å². The van der Waals surface area contributed by atoms with E-state index in [0.29, 0.717) is 6.54 Å². The summed E-state index contributed by atoms with van der Waals surface area (Å²) in [6.45, 7) is 2.75. The third kappa shape index (κ3) is 4.15. The number of amides is 1. The SMILES string of the molecule is CC1=CC[C@@H](C(=O)NCc2ccccc2)[C@H](c2ccc(Br)cc2)C1. The molecule has 0 unspecified atom stereocenters. The molecule has 1 aliphatic carbocycles. The van der Waals surface area contributed by atoms with Crippen LogP contribution in [0.4, 0.5) is 0 Å². The number of rotatable bonds is 4. The quantitative estimate of drug-likeness (QED) is 0.721. The van der Waals surface area contributed by atoms with Crippen molar-refractivity contribution in [1.29, 1.82) is 0 Å². The topological polar surface area (TPSA) is 29.1 Å². The van der Waals surface area contributed by atoms with Crippen LogP contribution in [0.1, 0.15) is 36.8 Å². The molecule has 0 saturated carbocycles. The van der Waals surface area contributed by atoms with Crippen molar-refractivity contribution in [3.63, 3.8) is 0 Å². The summed E-state index contributed by atoms with van der Waals surface area (Å²) in [5.74, 6) is 0.396. The molecule has 124 valence electrons. The molecule has 2 aromatic rings. The fourth-order valence-corrected chi connectivity index (χ4v) is 3.60. The molecule has 3 heteroatoms. The number of hydrogen-bond donors (Lipinski definition) is 1. The lowest BCUT2D eigenvalue weighted by atomic mass is 9.75. The van der Waals surface area contributed by atoms with Gasteiger partial charge >= 0.3 is 0 Å². The van der Waals surface area contributed by atoms with E-state index >= 15 is 0 Å². The van der Waals surface area contributed by atoms with Gasteiger partial charge in [-0.05, 0) is 48.9 Å². The number of allylic oxidation sites excluding steroid dienone is 2. The molecule has 2 atom stereocenters. The van der Waals surface area contributed by atoms with E-state index in [1.165, 1.54) is 11.1 Å². The second-order valence-electron chi connectivity index (χ2n) is 6.46. The maximum absolute atomic E-state index is 12.8. The predicted octanol–water partition coefficient (Wildman–Crippen LogP) is 5.21. The zero-order chi connectivity index (χ0) is 16.9. The highest BCUT2D eigenvalue weighted by Gasteiger charge is 2.31. The van der Waals surface area contributed by atoms with Crippen molar-refractivity contribution >= 4 is 21.8 Å². The van der Waals surface area contributed by atoms with Crippen LogP contribution < -0.4 is 5.32 Å². The molecule has 3 rings (SSSR count). The summed E-state index contributed by atoms with van der Waals surface area (Å²) in [4.78, 5) is 12.8. The first-order valence-electron chi connectivity index (χ1n) is 8.36. The smallest absolute Gasteiger partial charge is 0.224 e. The number of halogens is 1. The van der Waals surface area contributed by atoms with Gasteiger partial charge in [-0.2, -0.15) is 0 Å². The second-order valence-corrected chi connectivity index (χ2v) is 7.37. The van der Waals surface area contributed by atoms with E-state index in [1.54, 1.807) is 0 Å². The lowest BCUT2D eigenvalue weighted by molar-refractivity contribution is -0.126. The lowest BCUT2D eigenvalue weighted by Crippen LogP contribution is -2.35. The van der Waals surface area contributed by atoms with E-state index in [4.69, 9.17) is 0 Å². The fourth-order valence-electron chi connectivity index (χ4n) is 3.33. The number of hydrogen-bond acceptors (Lipinski definition) is 1. The summed E-state index contributed by atoms with van der Waals surface area (Å²) in [5.41, 5.74) is 3.74. The highest BCUT2D eigenvalue weighted by Crippen LogP contribution is 2.38. The summed E-state index contributed by atoms with van der Waals surface area (Å²) in [6, 6.07) is 18.4. The van der Waals surface area contributed by atoms with Crippen molar-refractivity contribution < 1.29 is 4.79 Å². The Morgan fingerprint density at radius 3 is 2.54 bits per heavy atom. The molecule has 0 bridgehead atoms. The van der Waals surface area contributed by atoms with Gasteiger partial charge < -0.3 is 5.32 Å². The molecule has 1 N–H and O–H groups in total. The standard InChI is InChI=1S/C21H22BrNO/c1-15-7-12-19(20(13-15)17-8-10-18(22)11-9-17)21(24)23-14-16-5-3-2-4-6-16/h2-11,19-20H,12-14H2,1H3,(H,23,24)/t19-,20+/m1/s1. The van der Waals surface area contributed by atoms with Crippen molar-refractivity contribution in [3.8, 4) is 0 Å². The Kier molecular flexibility index (Phi) is 5.52. The number of benzene rings is 2. The minimum atomic E-state index is -0.00131. The maximum atomic E-state index is 12.8. The molecule has 0 aliphatic heterocycles. The molecule has 0 heterocycles. The van der Waals surface area contributed by atoms with Crippen molar-refractivity contribution in [2.24, 2.45) is 5.92 Å². The van der Waals surface area contributed by atoms with Crippen molar-refractivity contribution in [2.75, 3.05) is 0 Å². The van der Waals surface area contributed by atoms with E-state index in [-0.39, 0.29) is 17.7 Å². The number of carbonyl (C=O) groups is 1. The van der Waals surface area contributed by atoms with Gasteiger partial charge in [-0.1, -0.05) is 70.0 Å². The zero-order valence-electron chi connectivity index (χ0n) is 13.8. The van der Waals surface area contributed by atoms with Gasteiger partial charge in [0, 0.05) is 16.9 Å². The maximum Gasteiger partial charge on any atom is 0.224 e. The number of nitrogens with one attached hydrogen (secondary N) is 1. The molecule has 0 aromatic heterocycles. The van der Waals surface area contributed by atoms with Crippen LogP contribution >= 0.6 is 15.9 Å². The predicted molar refractivity (Wildman–Crippen MR) is 102 cm³/mol. The minimum absolute atomic E-state index is 0.00131. The van der Waals surface area contributed by atoms with Crippen LogP contribution in [0.3, 0.4) is 0 Å². The van der Waals surface area contributed by atoms with Crippen LogP contribution in [0.5, 0.6) is 0 Å².